The Morgan fingerprint density at radius 2 is 1.89 bits per heavy atom. The summed E-state index contributed by atoms with van der Waals surface area (Å²) in [5.41, 5.74) is 0.796. The summed E-state index contributed by atoms with van der Waals surface area (Å²) in [4.78, 5) is 14.5. The van der Waals surface area contributed by atoms with Crippen molar-refractivity contribution in [2.45, 2.75) is 37.6 Å². The Kier molecular flexibility index (Phi) is 5.93. The molecule has 0 aromatic heterocycles. The number of rotatable bonds is 8. The summed E-state index contributed by atoms with van der Waals surface area (Å²) < 4.78 is 33.4. The highest BCUT2D eigenvalue weighted by molar-refractivity contribution is 7.92. The van der Waals surface area contributed by atoms with Gasteiger partial charge in [0.15, 0.2) is 0 Å². The Morgan fingerprint density at radius 3 is 2.50 bits per heavy atom. The second kappa shape index (κ2) is 8.22. The third-order valence-corrected chi connectivity index (χ3v) is 6.42. The van der Waals surface area contributed by atoms with Crippen LogP contribution in [0.2, 0.25) is 0 Å². The van der Waals surface area contributed by atoms with Gasteiger partial charge >= 0.3 is 0 Å². The van der Waals surface area contributed by atoms with Crippen molar-refractivity contribution < 1.29 is 17.9 Å². The molecular formula is C21H26N2O4S. The quantitative estimate of drug-likeness (QED) is 0.729. The fourth-order valence-corrected chi connectivity index (χ4v) is 4.18. The van der Waals surface area contributed by atoms with Gasteiger partial charge in [-0.3, -0.25) is 9.52 Å². The maximum atomic E-state index is 12.8. The highest BCUT2D eigenvalue weighted by Crippen LogP contribution is 2.35. The molecule has 28 heavy (non-hydrogen) atoms. The highest BCUT2D eigenvalue weighted by atomic mass is 32.2. The summed E-state index contributed by atoms with van der Waals surface area (Å²) in [6, 6.07) is 13.0. The van der Waals surface area contributed by atoms with Crippen LogP contribution in [0.1, 0.15) is 37.0 Å². The van der Waals surface area contributed by atoms with Gasteiger partial charge in [-0.15, -0.1) is 0 Å². The highest BCUT2D eigenvalue weighted by Gasteiger charge is 2.33. The molecule has 2 aromatic rings. The van der Waals surface area contributed by atoms with Crippen LogP contribution in [-0.2, 0) is 10.0 Å². The third-order valence-electron chi connectivity index (χ3n) is 5.04. The molecule has 0 aliphatic heterocycles. The minimum Gasteiger partial charge on any atom is -0.494 e. The van der Waals surface area contributed by atoms with Crippen LogP contribution in [0.15, 0.2) is 53.4 Å². The van der Waals surface area contributed by atoms with E-state index >= 15 is 0 Å². The van der Waals surface area contributed by atoms with Gasteiger partial charge in [0.1, 0.15) is 5.75 Å². The fraction of sp³-hybridized carbons (Fsp3) is 0.381. The van der Waals surface area contributed by atoms with Crippen LogP contribution in [0.3, 0.4) is 0 Å². The average molecular weight is 403 g/mol. The van der Waals surface area contributed by atoms with Crippen molar-refractivity contribution in [2.75, 3.05) is 18.4 Å². The van der Waals surface area contributed by atoms with Crippen LogP contribution < -0.4 is 9.46 Å². The number of carbonyl (C=O) groups excluding carboxylic acids is 1. The van der Waals surface area contributed by atoms with Gasteiger partial charge in [0.05, 0.1) is 11.5 Å². The zero-order valence-electron chi connectivity index (χ0n) is 16.4. The molecule has 1 aliphatic rings. The number of carbonyl (C=O) groups is 1. The number of amides is 1. The van der Waals surface area contributed by atoms with E-state index in [2.05, 4.69) is 4.72 Å². The van der Waals surface area contributed by atoms with Crippen LogP contribution in [0.25, 0.3) is 0 Å². The predicted octanol–water partition coefficient (Wildman–Crippen LogP) is 3.76. The first-order valence-corrected chi connectivity index (χ1v) is 10.9. The molecule has 0 saturated heterocycles. The smallest absolute Gasteiger partial charge is 0.261 e. The Bertz CT molecular complexity index is 937. The topological polar surface area (TPSA) is 75.7 Å². The summed E-state index contributed by atoms with van der Waals surface area (Å²) in [7, 11) is -2.04. The number of ether oxygens (including phenoxy) is 1. The molecule has 1 aliphatic carbocycles. The van der Waals surface area contributed by atoms with Crippen LogP contribution in [-0.4, -0.2) is 38.9 Å². The van der Waals surface area contributed by atoms with E-state index in [0.29, 0.717) is 29.5 Å². The summed E-state index contributed by atoms with van der Waals surface area (Å²) in [6.45, 7) is 4.46. The molecule has 1 amide bonds. The van der Waals surface area contributed by atoms with Crippen molar-refractivity contribution in [2.24, 2.45) is 5.92 Å². The van der Waals surface area contributed by atoms with E-state index in [-0.39, 0.29) is 16.8 Å². The summed E-state index contributed by atoms with van der Waals surface area (Å²) in [5, 5.41) is 0. The first-order chi connectivity index (χ1) is 13.3. The molecule has 1 fully saturated rings. The van der Waals surface area contributed by atoms with Gasteiger partial charge in [0.2, 0.25) is 0 Å². The van der Waals surface area contributed by atoms with E-state index in [1.807, 2.05) is 13.8 Å². The number of nitrogens with zero attached hydrogens (tertiary/aromatic N) is 1. The number of sulfonamides is 1. The van der Waals surface area contributed by atoms with Gasteiger partial charge in [0, 0.05) is 24.3 Å². The minimum absolute atomic E-state index is 0.0553. The van der Waals surface area contributed by atoms with Crippen LogP contribution >= 0.6 is 0 Å². The van der Waals surface area contributed by atoms with E-state index in [1.165, 1.54) is 12.1 Å². The standard InChI is InChI=1S/C21H26N2O4S/c1-4-27-19-12-10-18(11-13-19)22-28(25,26)20-7-5-6-17(14-20)21(24)23(3)15(2)16-8-9-16/h5-7,10-16,22H,4,8-9H2,1-3H3. The normalized spacial score (nSPS) is 15.0. The molecule has 150 valence electrons. The van der Waals surface area contributed by atoms with Crippen molar-refractivity contribution in [1.82, 2.24) is 4.90 Å². The lowest BCUT2D eigenvalue weighted by molar-refractivity contribution is 0.0727. The number of anilines is 1. The third kappa shape index (κ3) is 4.65. The molecule has 1 atom stereocenters. The van der Waals surface area contributed by atoms with E-state index in [0.717, 1.165) is 12.8 Å². The van der Waals surface area contributed by atoms with Gasteiger partial charge in [-0.05, 0) is 75.1 Å². The Balaban J connectivity index is 1.76. The molecule has 1 unspecified atom stereocenters. The van der Waals surface area contributed by atoms with E-state index < -0.39 is 10.0 Å². The van der Waals surface area contributed by atoms with Crippen LogP contribution in [0, 0.1) is 5.92 Å². The number of benzene rings is 2. The largest absolute Gasteiger partial charge is 0.494 e. The molecule has 6 nitrogen and oxygen atoms in total. The molecule has 0 radical (unpaired) electrons. The van der Waals surface area contributed by atoms with Crippen LogP contribution in [0.4, 0.5) is 5.69 Å². The van der Waals surface area contributed by atoms with Gasteiger partial charge in [0.25, 0.3) is 15.9 Å². The van der Waals surface area contributed by atoms with E-state index in [1.54, 1.807) is 48.3 Å². The SMILES string of the molecule is CCOc1ccc(NS(=O)(=O)c2cccc(C(=O)N(C)C(C)C3CC3)c2)cc1. The monoisotopic (exact) mass is 402 g/mol. The average Bonchev–Trinajstić information content (AvgIpc) is 3.53. The summed E-state index contributed by atoms with van der Waals surface area (Å²) in [6.07, 6.45) is 2.28. The maximum Gasteiger partial charge on any atom is 0.261 e. The Labute approximate surface area is 166 Å². The second-order valence-corrected chi connectivity index (χ2v) is 8.77. The molecule has 1 N–H and O–H groups in total. The second-order valence-electron chi connectivity index (χ2n) is 7.08. The zero-order chi connectivity index (χ0) is 20.3. The first-order valence-electron chi connectivity index (χ1n) is 9.44. The van der Waals surface area contributed by atoms with Gasteiger partial charge < -0.3 is 9.64 Å². The first kappa shape index (κ1) is 20.2. The molecular weight excluding hydrogens is 376 g/mol. The van der Waals surface area contributed by atoms with Crippen molar-refractivity contribution in [3.8, 4) is 5.75 Å². The Hall–Kier alpha value is -2.54. The summed E-state index contributed by atoms with van der Waals surface area (Å²) >= 11 is 0. The maximum absolute atomic E-state index is 12.8. The van der Waals surface area contributed by atoms with Gasteiger partial charge in [-0.2, -0.15) is 0 Å². The summed E-state index contributed by atoms with van der Waals surface area (Å²) in [5.74, 6) is 1.05. The lowest BCUT2D eigenvalue weighted by atomic mass is 10.1. The predicted molar refractivity (Wildman–Crippen MR) is 109 cm³/mol. The van der Waals surface area contributed by atoms with E-state index in [4.69, 9.17) is 4.74 Å². The minimum atomic E-state index is -3.81. The molecule has 0 heterocycles. The number of hydrogen-bond donors (Lipinski definition) is 1. The van der Waals surface area contributed by atoms with Gasteiger partial charge in [-0.25, -0.2) is 8.42 Å². The van der Waals surface area contributed by atoms with Crippen LogP contribution in [0.5, 0.6) is 5.75 Å². The van der Waals surface area contributed by atoms with Crippen molar-refractivity contribution >= 4 is 21.6 Å². The lowest BCUT2D eigenvalue weighted by Gasteiger charge is -2.25. The lowest BCUT2D eigenvalue weighted by Crippen LogP contribution is -2.36. The van der Waals surface area contributed by atoms with Crippen molar-refractivity contribution in [1.29, 1.82) is 0 Å². The number of hydrogen-bond acceptors (Lipinski definition) is 4. The van der Waals surface area contributed by atoms with Crippen molar-refractivity contribution in [3.05, 3.63) is 54.1 Å². The molecule has 7 heteroatoms. The fourth-order valence-electron chi connectivity index (χ4n) is 3.08. The van der Waals surface area contributed by atoms with E-state index in [9.17, 15) is 13.2 Å². The molecule has 1 saturated carbocycles. The molecule has 2 aromatic carbocycles. The zero-order valence-corrected chi connectivity index (χ0v) is 17.2. The molecule has 0 bridgehead atoms. The Morgan fingerprint density at radius 1 is 1.21 bits per heavy atom. The van der Waals surface area contributed by atoms with Crippen molar-refractivity contribution in [3.63, 3.8) is 0 Å². The van der Waals surface area contributed by atoms with Gasteiger partial charge in [-0.1, -0.05) is 6.07 Å². The molecule has 0 spiro atoms. The number of nitrogens with one attached hydrogen (secondary N) is 1. The molecule has 3 rings (SSSR count).